The highest BCUT2D eigenvalue weighted by Gasteiger charge is 2.21. The Morgan fingerprint density at radius 1 is 1.11 bits per heavy atom. The highest BCUT2D eigenvalue weighted by Crippen LogP contribution is 2.30. The summed E-state index contributed by atoms with van der Waals surface area (Å²) in [6, 6.07) is 13.4. The molecule has 4 heterocycles. The maximum atomic E-state index is 13.4. The van der Waals surface area contributed by atoms with Crippen molar-refractivity contribution < 1.29 is 18.3 Å². The molecule has 5 rings (SSSR count). The lowest BCUT2D eigenvalue weighted by molar-refractivity contribution is 0.102. The number of amides is 1. The van der Waals surface area contributed by atoms with Crippen molar-refractivity contribution >= 4 is 11.7 Å². The van der Waals surface area contributed by atoms with Gasteiger partial charge in [0.15, 0.2) is 5.82 Å². The molecule has 0 aliphatic carbocycles. The number of hydrogen-bond acceptors (Lipinski definition) is 6. The van der Waals surface area contributed by atoms with Crippen molar-refractivity contribution in [3.05, 3.63) is 72.3 Å². The number of carbonyl (C=O) groups is 1. The van der Waals surface area contributed by atoms with Crippen LogP contribution < -0.4 is 10.1 Å². The Morgan fingerprint density at radius 3 is 2.72 bits per heavy atom. The summed E-state index contributed by atoms with van der Waals surface area (Å²) >= 11 is 0. The molecule has 0 saturated heterocycles. The molecule has 10 heteroatoms. The second kappa shape index (κ2) is 9.80. The van der Waals surface area contributed by atoms with Crippen LogP contribution in [0, 0.1) is 5.92 Å². The van der Waals surface area contributed by atoms with Crippen LogP contribution in [0.15, 0.2) is 61.1 Å². The van der Waals surface area contributed by atoms with Crippen LogP contribution >= 0.6 is 0 Å². The average molecular weight is 491 g/mol. The van der Waals surface area contributed by atoms with Crippen molar-refractivity contribution in [3.8, 4) is 28.4 Å². The quantitative estimate of drug-likeness (QED) is 0.395. The molecule has 4 aromatic rings. The van der Waals surface area contributed by atoms with Gasteiger partial charge in [-0.15, -0.1) is 10.2 Å². The molecule has 8 nitrogen and oxygen atoms in total. The Labute approximate surface area is 206 Å². The lowest BCUT2D eigenvalue weighted by Crippen LogP contribution is -2.19. The lowest BCUT2D eigenvalue weighted by Gasteiger charge is -2.21. The molecule has 3 aromatic heterocycles. The van der Waals surface area contributed by atoms with Crippen LogP contribution in [-0.4, -0.2) is 37.2 Å². The van der Waals surface area contributed by atoms with Crippen molar-refractivity contribution in [1.29, 1.82) is 0 Å². The largest absolute Gasteiger partial charge is 0.492 e. The minimum atomic E-state index is -2.65. The molecule has 1 aliphatic heterocycles. The minimum absolute atomic E-state index is 0.0992. The van der Waals surface area contributed by atoms with Crippen LogP contribution in [0.2, 0.25) is 0 Å². The third-order valence-electron chi connectivity index (χ3n) is 6.10. The van der Waals surface area contributed by atoms with Gasteiger partial charge in [0.05, 0.1) is 12.2 Å². The molecule has 184 valence electrons. The predicted molar refractivity (Wildman–Crippen MR) is 130 cm³/mol. The Bertz CT molecular complexity index is 1390. The molecule has 2 bridgehead atoms. The maximum absolute atomic E-state index is 13.4. The fourth-order valence-corrected chi connectivity index (χ4v) is 4.28. The van der Waals surface area contributed by atoms with Crippen LogP contribution in [0.25, 0.3) is 22.6 Å². The molecule has 0 radical (unpaired) electrons. The lowest BCUT2D eigenvalue weighted by atomic mass is 10.0. The van der Waals surface area contributed by atoms with Gasteiger partial charge in [-0.2, -0.15) is 0 Å². The SMILES string of the molecule is C[C@H]1COc2ccc(-c3ccc(C(F)F)nc3)cc2C(=O)Nc2cccc(n2)-c2nncn2[C@@H](C)C1. The fraction of sp³-hybridized carbons (Fsp3) is 0.269. The smallest absolute Gasteiger partial charge is 0.280 e. The minimum Gasteiger partial charge on any atom is -0.492 e. The summed E-state index contributed by atoms with van der Waals surface area (Å²) in [6.45, 7) is 4.57. The molecule has 1 N–H and O–H groups in total. The van der Waals surface area contributed by atoms with Gasteiger partial charge < -0.3 is 14.6 Å². The molecule has 1 aromatic carbocycles. The van der Waals surface area contributed by atoms with Crippen LogP contribution in [0.5, 0.6) is 5.75 Å². The number of pyridine rings is 2. The maximum Gasteiger partial charge on any atom is 0.280 e. The normalized spacial score (nSPS) is 18.0. The number of ether oxygens (including phenoxy) is 1. The third-order valence-corrected chi connectivity index (χ3v) is 6.10. The first-order chi connectivity index (χ1) is 17.4. The van der Waals surface area contributed by atoms with E-state index >= 15 is 0 Å². The van der Waals surface area contributed by atoms with Crippen molar-refractivity contribution in [2.45, 2.75) is 32.7 Å². The van der Waals surface area contributed by atoms with E-state index < -0.39 is 12.3 Å². The number of aromatic nitrogens is 5. The zero-order valence-electron chi connectivity index (χ0n) is 19.7. The molecule has 36 heavy (non-hydrogen) atoms. The highest BCUT2D eigenvalue weighted by atomic mass is 19.3. The Kier molecular flexibility index (Phi) is 6.41. The van der Waals surface area contributed by atoms with Gasteiger partial charge in [-0.1, -0.05) is 25.1 Å². The van der Waals surface area contributed by atoms with Gasteiger partial charge in [0.2, 0.25) is 0 Å². The second-order valence-corrected chi connectivity index (χ2v) is 8.91. The number of anilines is 1. The summed E-state index contributed by atoms with van der Waals surface area (Å²) in [6.07, 6.45) is 1.21. The third kappa shape index (κ3) is 4.79. The van der Waals surface area contributed by atoms with Crippen molar-refractivity contribution in [2.24, 2.45) is 5.92 Å². The first-order valence-electron chi connectivity index (χ1n) is 11.6. The fourth-order valence-electron chi connectivity index (χ4n) is 4.28. The molecule has 1 aliphatic rings. The van der Waals surface area contributed by atoms with Crippen LogP contribution in [0.3, 0.4) is 0 Å². The van der Waals surface area contributed by atoms with Gasteiger partial charge >= 0.3 is 0 Å². The van der Waals surface area contributed by atoms with Crippen molar-refractivity contribution in [3.63, 3.8) is 0 Å². The van der Waals surface area contributed by atoms with Crippen molar-refractivity contribution in [2.75, 3.05) is 11.9 Å². The number of nitrogens with one attached hydrogen (secondary N) is 1. The summed E-state index contributed by atoms with van der Waals surface area (Å²) in [5, 5.41) is 11.2. The van der Waals surface area contributed by atoms with Crippen LogP contribution in [0.4, 0.5) is 14.6 Å². The molecule has 2 atom stereocenters. The Morgan fingerprint density at radius 2 is 1.94 bits per heavy atom. The monoisotopic (exact) mass is 490 g/mol. The summed E-state index contributed by atoms with van der Waals surface area (Å²) in [5.74, 6) is 1.15. The number of halogens is 2. The summed E-state index contributed by atoms with van der Waals surface area (Å²) < 4.78 is 33.9. The molecule has 1 amide bonds. The van der Waals surface area contributed by atoms with Gasteiger partial charge in [0.1, 0.15) is 29.3 Å². The van der Waals surface area contributed by atoms with E-state index in [1.54, 1.807) is 42.7 Å². The number of alkyl halides is 2. The summed E-state index contributed by atoms with van der Waals surface area (Å²) in [7, 11) is 0. The topological polar surface area (TPSA) is 94.8 Å². The van der Waals surface area contributed by atoms with E-state index in [4.69, 9.17) is 4.74 Å². The van der Waals surface area contributed by atoms with E-state index in [2.05, 4.69) is 39.3 Å². The number of nitrogens with zero attached hydrogens (tertiary/aromatic N) is 5. The molecular formula is C26H24F2N6O2. The Hall–Kier alpha value is -4.21. The van der Waals surface area contributed by atoms with Gasteiger partial charge in [-0.25, -0.2) is 13.8 Å². The van der Waals surface area contributed by atoms with Gasteiger partial charge in [0, 0.05) is 17.8 Å². The number of carbonyl (C=O) groups excluding carboxylic acids is 1. The van der Waals surface area contributed by atoms with E-state index in [9.17, 15) is 13.6 Å². The predicted octanol–water partition coefficient (Wildman–Crippen LogP) is 5.57. The van der Waals surface area contributed by atoms with E-state index in [0.717, 1.165) is 6.42 Å². The first-order valence-corrected chi connectivity index (χ1v) is 11.6. The number of benzene rings is 1. The van der Waals surface area contributed by atoms with Gasteiger partial charge in [0.25, 0.3) is 12.3 Å². The van der Waals surface area contributed by atoms with E-state index in [-0.39, 0.29) is 17.7 Å². The first kappa shape index (κ1) is 23.5. The Balaban J connectivity index is 1.54. The number of fused-ring (bicyclic) bond motifs is 5. The zero-order chi connectivity index (χ0) is 25.2. The van der Waals surface area contributed by atoms with E-state index in [0.29, 0.717) is 46.4 Å². The number of rotatable bonds is 2. The molecule has 0 spiro atoms. The van der Waals surface area contributed by atoms with E-state index in [1.165, 1.54) is 12.3 Å². The van der Waals surface area contributed by atoms with Gasteiger partial charge in [-0.05, 0) is 55.2 Å². The molecular weight excluding hydrogens is 466 g/mol. The second-order valence-electron chi connectivity index (χ2n) is 8.91. The van der Waals surface area contributed by atoms with Gasteiger partial charge in [-0.3, -0.25) is 9.78 Å². The van der Waals surface area contributed by atoms with Crippen LogP contribution in [-0.2, 0) is 0 Å². The van der Waals surface area contributed by atoms with Crippen LogP contribution in [0.1, 0.15) is 48.8 Å². The molecule has 0 fully saturated rings. The highest BCUT2D eigenvalue weighted by molar-refractivity contribution is 6.06. The summed E-state index contributed by atoms with van der Waals surface area (Å²) in [4.78, 5) is 21.8. The van der Waals surface area contributed by atoms with E-state index in [1.807, 2.05) is 10.6 Å². The summed E-state index contributed by atoms with van der Waals surface area (Å²) in [5.41, 5.74) is 1.85. The number of hydrogen-bond donors (Lipinski definition) is 1. The standard InChI is InChI=1S/C26H24F2N6O2/c1-15-10-16(2)34-14-30-33-25(34)21-4-3-5-23(31-21)32-26(35)19-11-17(7-9-22(19)36-13-15)18-6-8-20(24(27)28)29-12-18/h3-9,11-12,14-16,24H,10,13H2,1-2H3,(H,31,32,35)/t15-,16+/m1/s1. The van der Waals surface area contributed by atoms with Crippen molar-refractivity contribution in [1.82, 2.24) is 24.7 Å². The molecule has 0 unspecified atom stereocenters. The molecule has 0 saturated carbocycles. The zero-order valence-corrected chi connectivity index (χ0v) is 19.7. The average Bonchev–Trinajstić information content (AvgIpc) is 3.37.